The third kappa shape index (κ3) is 4.50. The van der Waals surface area contributed by atoms with Gasteiger partial charge in [-0.25, -0.2) is 4.39 Å². The minimum absolute atomic E-state index is 0.0448. The molecule has 1 atom stereocenters. The summed E-state index contributed by atoms with van der Waals surface area (Å²) in [5.74, 6) is 1.17. The van der Waals surface area contributed by atoms with Crippen molar-refractivity contribution in [2.75, 3.05) is 13.2 Å². The summed E-state index contributed by atoms with van der Waals surface area (Å²) in [7, 11) is 0. The third-order valence-electron chi connectivity index (χ3n) is 5.20. The molecule has 2 heterocycles. The largest absolute Gasteiger partial charge is 0.494 e. The molecule has 1 aromatic heterocycles. The fourth-order valence-corrected chi connectivity index (χ4v) is 3.48. The molecule has 1 fully saturated rings. The van der Waals surface area contributed by atoms with E-state index in [0.717, 1.165) is 24.2 Å². The zero-order chi connectivity index (χ0) is 20.9. The molecule has 0 bridgehead atoms. The number of likely N-dealkylation sites (tertiary alicyclic amines) is 1. The fourth-order valence-electron chi connectivity index (χ4n) is 3.48. The van der Waals surface area contributed by atoms with E-state index in [1.165, 1.54) is 6.07 Å². The molecule has 0 radical (unpaired) electrons. The van der Waals surface area contributed by atoms with Gasteiger partial charge in [0.2, 0.25) is 17.6 Å². The van der Waals surface area contributed by atoms with E-state index in [1.54, 1.807) is 23.1 Å². The average Bonchev–Trinajstić information content (AvgIpc) is 3.38. The first-order chi connectivity index (χ1) is 14.6. The van der Waals surface area contributed by atoms with Gasteiger partial charge in [-0.2, -0.15) is 4.98 Å². The molecule has 30 heavy (non-hydrogen) atoms. The first-order valence-corrected chi connectivity index (χ1v) is 10.2. The van der Waals surface area contributed by atoms with Crippen LogP contribution in [-0.4, -0.2) is 34.1 Å². The minimum atomic E-state index is -0.309. The molecular formula is C23H24FN3O3. The molecule has 7 heteroatoms. The molecule has 1 unspecified atom stereocenters. The number of carbonyl (C=O) groups excluding carboxylic acids is 1. The van der Waals surface area contributed by atoms with Gasteiger partial charge in [0.15, 0.2) is 0 Å². The number of unbranched alkanes of at least 4 members (excludes halogenated alkanes) is 1. The number of rotatable bonds is 8. The molecule has 1 amide bonds. The molecule has 0 aliphatic carbocycles. The molecule has 3 aromatic rings. The maximum absolute atomic E-state index is 13.9. The summed E-state index contributed by atoms with van der Waals surface area (Å²) in [6.07, 6.45) is 2.38. The Labute approximate surface area is 174 Å². The van der Waals surface area contributed by atoms with E-state index in [1.807, 2.05) is 24.3 Å². The smallest absolute Gasteiger partial charge is 0.232 e. The summed E-state index contributed by atoms with van der Waals surface area (Å²) in [5, 5.41) is 4.07. The van der Waals surface area contributed by atoms with Gasteiger partial charge in [-0.1, -0.05) is 36.7 Å². The second kappa shape index (κ2) is 9.07. The fraction of sp³-hybridized carbons (Fsp3) is 0.348. The molecule has 1 aliphatic rings. The number of ether oxygens (including phenoxy) is 1. The number of amides is 1. The van der Waals surface area contributed by atoms with Crippen LogP contribution in [-0.2, 0) is 11.3 Å². The predicted molar refractivity (Wildman–Crippen MR) is 109 cm³/mol. The normalized spacial score (nSPS) is 16.3. The Balaban J connectivity index is 1.40. The quantitative estimate of drug-likeness (QED) is 0.510. The molecule has 0 N–H and O–H groups in total. The molecule has 6 nitrogen and oxygen atoms in total. The van der Waals surface area contributed by atoms with Crippen molar-refractivity contribution in [3.63, 3.8) is 0 Å². The van der Waals surface area contributed by atoms with Crippen LogP contribution in [0.1, 0.15) is 43.6 Å². The Kier molecular flexibility index (Phi) is 6.07. The van der Waals surface area contributed by atoms with E-state index < -0.39 is 0 Å². The predicted octanol–water partition coefficient (Wildman–Crippen LogP) is 4.57. The number of hydrogen-bond acceptors (Lipinski definition) is 5. The highest BCUT2D eigenvalue weighted by Gasteiger charge is 2.34. The highest BCUT2D eigenvalue weighted by Crippen LogP contribution is 2.30. The van der Waals surface area contributed by atoms with Gasteiger partial charge in [-0.3, -0.25) is 4.79 Å². The van der Waals surface area contributed by atoms with E-state index >= 15 is 0 Å². The lowest BCUT2D eigenvalue weighted by atomic mass is 10.1. The Morgan fingerprint density at radius 3 is 2.77 bits per heavy atom. The highest BCUT2D eigenvalue weighted by atomic mass is 19.1. The van der Waals surface area contributed by atoms with Crippen LogP contribution in [0.25, 0.3) is 11.4 Å². The lowest BCUT2D eigenvalue weighted by Crippen LogP contribution is -2.24. The first-order valence-electron chi connectivity index (χ1n) is 10.2. The number of carbonyl (C=O) groups is 1. The van der Waals surface area contributed by atoms with Crippen molar-refractivity contribution >= 4 is 5.91 Å². The number of halogens is 1. The average molecular weight is 409 g/mol. The van der Waals surface area contributed by atoms with Crippen LogP contribution < -0.4 is 4.74 Å². The summed E-state index contributed by atoms with van der Waals surface area (Å²) < 4.78 is 25.0. The van der Waals surface area contributed by atoms with Gasteiger partial charge in [-0.15, -0.1) is 0 Å². The minimum Gasteiger partial charge on any atom is -0.494 e. The molecule has 1 aliphatic heterocycles. The van der Waals surface area contributed by atoms with E-state index in [9.17, 15) is 9.18 Å². The summed E-state index contributed by atoms with van der Waals surface area (Å²) in [5.41, 5.74) is 1.32. The molecule has 156 valence electrons. The van der Waals surface area contributed by atoms with Gasteiger partial charge in [0, 0.05) is 30.6 Å². The van der Waals surface area contributed by atoms with Crippen molar-refractivity contribution in [1.82, 2.24) is 15.0 Å². The number of hydrogen-bond donors (Lipinski definition) is 0. The summed E-state index contributed by atoms with van der Waals surface area (Å²) in [4.78, 5) is 18.5. The standard InChI is InChI=1S/C23H24FN3O3/c1-2-3-12-29-19-10-8-16(9-11-19)22-25-23(30-26-22)18-13-21(28)27(15-18)14-17-6-4-5-7-20(17)24/h4-11,18H,2-3,12-15H2,1H3. The van der Waals surface area contributed by atoms with Gasteiger partial charge >= 0.3 is 0 Å². The van der Waals surface area contributed by atoms with Gasteiger partial charge in [-0.05, 0) is 36.8 Å². The first kappa shape index (κ1) is 20.1. The van der Waals surface area contributed by atoms with E-state index in [0.29, 0.717) is 30.4 Å². The Morgan fingerprint density at radius 2 is 2.00 bits per heavy atom. The molecule has 2 aromatic carbocycles. The highest BCUT2D eigenvalue weighted by molar-refractivity contribution is 5.79. The maximum Gasteiger partial charge on any atom is 0.232 e. The van der Waals surface area contributed by atoms with Gasteiger partial charge < -0.3 is 14.2 Å². The summed E-state index contributed by atoms with van der Waals surface area (Å²) in [6, 6.07) is 14.0. The van der Waals surface area contributed by atoms with Crippen LogP contribution in [0.15, 0.2) is 53.1 Å². The SMILES string of the molecule is CCCCOc1ccc(-c2noc(C3CC(=O)N(Cc4ccccc4F)C3)n2)cc1. The van der Waals surface area contributed by atoms with E-state index in [-0.39, 0.29) is 30.6 Å². The van der Waals surface area contributed by atoms with Crippen LogP contribution in [0.4, 0.5) is 4.39 Å². The Bertz CT molecular complexity index is 1000. The van der Waals surface area contributed by atoms with Gasteiger partial charge in [0.05, 0.1) is 12.5 Å². The van der Waals surface area contributed by atoms with Gasteiger partial charge in [0.25, 0.3) is 0 Å². The maximum atomic E-state index is 13.9. The van der Waals surface area contributed by atoms with E-state index in [4.69, 9.17) is 9.26 Å². The lowest BCUT2D eigenvalue weighted by Gasteiger charge is -2.16. The second-order valence-corrected chi connectivity index (χ2v) is 7.45. The van der Waals surface area contributed by atoms with E-state index in [2.05, 4.69) is 17.1 Å². The molecule has 0 saturated carbocycles. The van der Waals surface area contributed by atoms with Crippen LogP contribution >= 0.6 is 0 Å². The Hall–Kier alpha value is -3.22. The number of benzene rings is 2. The van der Waals surface area contributed by atoms with Crippen LogP contribution in [0.5, 0.6) is 5.75 Å². The van der Waals surface area contributed by atoms with Crippen LogP contribution in [0.3, 0.4) is 0 Å². The van der Waals surface area contributed by atoms with Crippen molar-refractivity contribution in [1.29, 1.82) is 0 Å². The second-order valence-electron chi connectivity index (χ2n) is 7.45. The van der Waals surface area contributed by atoms with Crippen molar-refractivity contribution in [2.45, 2.75) is 38.6 Å². The lowest BCUT2D eigenvalue weighted by molar-refractivity contribution is -0.128. The summed E-state index contributed by atoms with van der Waals surface area (Å²) >= 11 is 0. The van der Waals surface area contributed by atoms with Crippen molar-refractivity contribution in [3.05, 3.63) is 65.8 Å². The third-order valence-corrected chi connectivity index (χ3v) is 5.20. The monoisotopic (exact) mass is 409 g/mol. The van der Waals surface area contributed by atoms with Crippen LogP contribution in [0, 0.1) is 5.82 Å². The molecule has 0 spiro atoms. The topological polar surface area (TPSA) is 68.5 Å². The van der Waals surface area contributed by atoms with Gasteiger partial charge in [0.1, 0.15) is 11.6 Å². The zero-order valence-electron chi connectivity index (χ0n) is 16.9. The van der Waals surface area contributed by atoms with Crippen molar-refractivity contribution in [2.24, 2.45) is 0 Å². The molecular weight excluding hydrogens is 385 g/mol. The number of aromatic nitrogens is 2. The zero-order valence-corrected chi connectivity index (χ0v) is 16.9. The Morgan fingerprint density at radius 1 is 1.20 bits per heavy atom. The number of nitrogens with zero attached hydrogens (tertiary/aromatic N) is 3. The molecule has 1 saturated heterocycles. The van der Waals surface area contributed by atoms with Crippen molar-refractivity contribution in [3.8, 4) is 17.1 Å². The summed E-state index contributed by atoms with van der Waals surface area (Å²) in [6.45, 7) is 3.49. The van der Waals surface area contributed by atoms with Crippen LogP contribution in [0.2, 0.25) is 0 Å². The molecule has 4 rings (SSSR count). The van der Waals surface area contributed by atoms with Crippen molar-refractivity contribution < 1.29 is 18.4 Å².